The van der Waals surface area contributed by atoms with Gasteiger partial charge in [-0.1, -0.05) is 0 Å². The smallest absolute Gasteiger partial charge is 0.224 e. The van der Waals surface area contributed by atoms with E-state index in [2.05, 4.69) is 30.7 Å². The van der Waals surface area contributed by atoms with Gasteiger partial charge in [-0.25, -0.2) is 0 Å². The van der Waals surface area contributed by atoms with Crippen LogP contribution in [0.2, 0.25) is 0 Å². The van der Waals surface area contributed by atoms with Crippen LogP contribution in [0.1, 0.15) is 33.1 Å². The van der Waals surface area contributed by atoms with Gasteiger partial charge in [-0.15, -0.1) is 0 Å². The number of likely N-dealkylation sites (tertiary alicyclic amines) is 1. The van der Waals surface area contributed by atoms with Crippen molar-refractivity contribution in [3.05, 3.63) is 0 Å². The van der Waals surface area contributed by atoms with Crippen molar-refractivity contribution >= 4 is 5.91 Å². The summed E-state index contributed by atoms with van der Waals surface area (Å²) in [5.41, 5.74) is 6.10. The fourth-order valence-corrected chi connectivity index (χ4v) is 3.25. The van der Waals surface area contributed by atoms with Gasteiger partial charge in [-0.05, 0) is 33.7 Å². The van der Waals surface area contributed by atoms with Gasteiger partial charge in [0.1, 0.15) is 0 Å². The van der Waals surface area contributed by atoms with Crippen LogP contribution in [0.25, 0.3) is 0 Å². The third kappa shape index (κ3) is 3.51. The van der Waals surface area contributed by atoms with Crippen molar-refractivity contribution in [2.75, 3.05) is 46.3 Å². The van der Waals surface area contributed by atoms with Gasteiger partial charge >= 0.3 is 0 Å². The molecule has 0 saturated carbocycles. The summed E-state index contributed by atoms with van der Waals surface area (Å²) in [6, 6.07) is 0.191. The summed E-state index contributed by atoms with van der Waals surface area (Å²) in [5, 5.41) is 0. The summed E-state index contributed by atoms with van der Waals surface area (Å²) in [6.07, 6.45) is 2.89. The Kier molecular flexibility index (Phi) is 5.04. The van der Waals surface area contributed by atoms with Crippen LogP contribution >= 0.6 is 0 Å². The number of carbonyl (C=O) groups is 1. The van der Waals surface area contributed by atoms with Gasteiger partial charge in [0.2, 0.25) is 5.91 Å². The van der Waals surface area contributed by atoms with Crippen LogP contribution in [0, 0.1) is 0 Å². The predicted octanol–water partition coefficient (Wildman–Crippen LogP) is 0.352. The number of nitrogens with zero attached hydrogens (tertiary/aromatic N) is 3. The molecular weight excluding hydrogens is 252 g/mol. The number of nitrogens with two attached hydrogens (primary N) is 1. The van der Waals surface area contributed by atoms with Crippen LogP contribution in [0.5, 0.6) is 0 Å². The Balaban J connectivity index is 1.92. The van der Waals surface area contributed by atoms with Gasteiger partial charge in [-0.3, -0.25) is 14.6 Å². The van der Waals surface area contributed by atoms with Crippen LogP contribution in [0.3, 0.4) is 0 Å². The molecule has 2 rings (SSSR count). The molecule has 0 aromatic heterocycles. The molecule has 0 bridgehead atoms. The second-order valence-corrected chi connectivity index (χ2v) is 6.89. The molecule has 116 valence electrons. The first-order chi connectivity index (χ1) is 9.44. The zero-order valence-electron chi connectivity index (χ0n) is 13.3. The molecule has 2 N–H and O–H groups in total. The van der Waals surface area contributed by atoms with E-state index in [9.17, 15) is 4.79 Å². The van der Waals surface area contributed by atoms with Crippen molar-refractivity contribution in [2.24, 2.45) is 5.73 Å². The quantitative estimate of drug-likeness (QED) is 0.808. The molecule has 2 heterocycles. The SMILES string of the molecule is CN1CCN(C(CN)CC(=O)N2CCCC2)CC1(C)C. The Morgan fingerprint density at radius 2 is 1.85 bits per heavy atom. The first kappa shape index (κ1) is 15.7. The number of piperazine rings is 1. The fourth-order valence-electron chi connectivity index (χ4n) is 3.25. The van der Waals surface area contributed by atoms with Crippen LogP contribution < -0.4 is 5.73 Å². The number of rotatable bonds is 4. The van der Waals surface area contributed by atoms with Gasteiger partial charge in [0, 0.05) is 57.3 Å². The van der Waals surface area contributed by atoms with E-state index in [4.69, 9.17) is 5.73 Å². The van der Waals surface area contributed by atoms with E-state index in [1.807, 2.05) is 4.90 Å². The normalized spacial score (nSPS) is 25.9. The number of amides is 1. The van der Waals surface area contributed by atoms with E-state index in [0.29, 0.717) is 13.0 Å². The minimum atomic E-state index is 0.155. The van der Waals surface area contributed by atoms with Crippen LogP contribution in [-0.4, -0.2) is 78.5 Å². The Hall–Kier alpha value is -0.650. The molecular formula is C15H30N4O. The van der Waals surface area contributed by atoms with E-state index in [-0.39, 0.29) is 17.5 Å². The first-order valence-electron chi connectivity index (χ1n) is 7.87. The van der Waals surface area contributed by atoms with Crippen LogP contribution in [-0.2, 0) is 4.79 Å². The molecule has 20 heavy (non-hydrogen) atoms. The van der Waals surface area contributed by atoms with Crippen molar-refractivity contribution in [1.29, 1.82) is 0 Å². The summed E-state index contributed by atoms with van der Waals surface area (Å²) in [7, 11) is 2.17. The zero-order valence-corrected chi connectivity index (χ0v) is 13.3. The lowest BCUT2D eigenvalue weighted by Crippen LogP contribution is -2.61. The van der Waals surface area contributed by atoms with Gasteiger partial charge in [0.15, 0.2) is 0 Å². The molecule has 0 aromatic rings. The van der Waals surface area contributed by atoms with E-state index in [1.165, 1.54) is 0 Å². The monoisotopic (exact) mass is 282 g/mol. The highest BCUT2D eigenvalue weighted by Gasteiger charge is 2.35. The molecule has 0 radical (unpaired) electrons. The molecule has 1 unspecified atom stereocenters. The third-order valence-electron chi connectivity index (χ3n) is 5.00. The molecule has 0 aliphatic carbocycles. The Morgan fingerprint density at radius 3 is 2.40 bits per heavy atom. The second-order valence-electron chi connectivity index (χ2n) is 6.89. The third-order valence-corrected chi connectivity index (χ3v) is 5.00. The zero-order chi connectivity index (χ0) is 14.8. The molecule has 2 fully saturated rings. The molecule has 5 heteroatoms. The average molecular weight is 282 g/mol. The molecule has 2 saturated heterocycles. The Bertz CT molecular complexity index is 339. The van der Waals surface area contributed by atoms with Crippen LogP contribution in [0.4, 0.5) is 0 Å². The van der Waals surface area contributed by atoms with Crippen molar-refractivity contribution in [3.8, 4) is 0 Å². The van der Waals surface area contributed by atoms with Gasteiger partial charge < -0.3 is 10.6 Å². The minimum absolute atomic E-state index is 0.155. The highest BCUT2D eigenvalue weighted by Crippen LogP contribution is 2.22. The summed E-state index contributed by atoms with van der Waals surface area (Å²) in [4.78, 5) is 19.1. The standard InChI is InChI=1S/C15H30N4O/c1-15(2)12-19(9-8-17(15)3)13(11-16)10-14(20)18-6-4-5-7-18/h13H,4-12,16H2,1-3H3. The fraction of sp³-hybridized carbons (Fsp3) is 0.933. The molecule has 2 aliphatic heterocycles. The largest absolute Gasteiger partial charge is 0.343 e. The lowest BCUT2D eigenvalue weighted by molar-refractivity contribution is -0.131. The maximum atomic E-state index is 12.3. The summed E-state index contributed by atoms with van der Waals surface area (Å²) in [5.74, 6) is 0.287. The van der Waals surface area contributed by atoms with E-state index in [1.54, 1.807) is 0 Å². The summed E-state index contributed by atoms with van der Waals surface area (Å²) in [6.45, 7) is 9.99. The van der Waals surface area contributed by atoms with Crippen LogP contribution in [0.15, 0.2) is 0 Å². The molecule has 1 amide bonds. The van der Waals surface area contributed by atoms with Gasteiger partial charge in [0.05, 0.1) is 0 Å². The number of hydrogen-bond donors (Lipinski definition) is 1. The van der Waals surface area contributed by atoms with Crippen molar-refractivity contribution < 1.29 is 4.79 Å². The van der Waals surface area contributed by atoms with Crippen molar-refractivity contribution in [1.82, 2.24) is 14.7 Å². The predicted molar refractivity (Wildman–Crippen MR) is 81.6 cm³/mol. The van der Waals surface area contributed by atoms with E-state index in [0.717, 1.165) is 45.6 Å². The van der Waals surface area contributed by atoms with Gasteiger partial charge in [0.25, 0.3) is 0 Å². The average Bonchev–Trinajstić information content (AvgIpc) is 2.93. The molecule has 0 spiro atoms. The second kappa shape index (κ2) is 6.41. The first-order valence-corrected chi connectivity index (χ1v) is 7.87. The maximum absolute atomic E-state index is 12.3. The summed E-state index contributed by atoms with van der Waals surface area (Å²) >= 11 is 0. The number of likely N-dealkylation sites (N-methyl/N-ethyl adjacent to an activating group) is 1. The summed E-state index contributed by atoms with van der Waals surface area (Å²) < 4.78 is 0. The topological polar surface area (TPSA) is 52.8 Å². The molecule has 1 atom stereocenters. The lowest BCUT2D eigenvalue weighted by atomic mass is 9.97. The number of carbonyl (C=O) groups excluding carboxylic acids is 1. The van der Waals surface area contributed by atoms with E-state index >= 15 is 0 Å². The van der Waals surface area contributed by atoms with E-state index < -0.39 is 0 Å². The Morgan fingerprint density at radius 1 is 1.20 bits per heavy atom. The molecule has 5 nitrogen and oxygen atoms in total. The van der Waals surface area contributed by atoms with Crippen molar-refractivity contribution in [3.63, 3.8) is 0 Å². The minimum Gasteiger partial charge on any atom is -0.343 e. The molecule has 0 aromatic carbocycles. The highest BCUT2D eigenvalue weighted by molar-refractivity contribution is 5.77. The van der Waals surface area contributed by atoms with Crippen molar-refractivity contribution in [2.45, 2.75) is 44.7 Å². The highest BCUT2D eigenvalue weighted by atomic mass is 16.2. The number of hydrogen-bond acceptors (Lipinski definition) is 4. The van der Waals surface area contributed by atoms with Gasteiger partial charge in [-0.2, -0.15) is 0 Å². The Labute approximate surface area is 123 Å². The molecule has 2 aliphatic rings. The lowest BCUT2D eigenvalue weighted by Gasteiger charge is -2.47. The maximum Gasteiger partial charge on any atom is 0.224 e.